The Bertz CT molecular complexity index is 394. The van der Waals surface area contributed by atoms with Crippen LogP contribution in [0.2, 0.25) is 0 Å². The Morgan fingerprint density at radius 1 is 1.36 bits per heavy atom. The highest BCUT2D eigenvalue weighted by atomic mass is 19.1. The van der Waals surface area contributed by atoms with E-state index in [-0.39, 0.29) is 11.6 Å². The molecule has 0 amide bonds. The van der Waals surface area contributed by atoms with Gasteiger partial charge in [0.25, 0.3) is 0 Å². The first kappa shape index (κ1) is 6.22. The van der Waals surface area contributed by atoms with Crippen LogP contribution in [0.3, 0.4) is 0 Å². The maximum atomic E-state index is 12.6. The molecule has 56 valence electrons. The number of H-pyrrole nitrogens is 1. The Balaban J connectivity index is 2.87. The molecule has 0 fully saturated rings. The molecule has 0 saturated carbocycles. The minimum Gasteiger partial charge on any atom is -0.506 e. The van der Waals surface area contributed by atoms with Crippen molar-refractivity contribution in [2.75, 3.05) is 0 Å². The van der Waals surface area contributed by atoms with Crippen LogP contribution in [0.5, 0.6) is 5.75 Å². The van der Waals surface area contributed by atoms with E-state index in [0.29, 0.717) is 5.39 Å². The largest absolute Gasteiger partial charge is 0.506 e. The molecule has 0 aliphatic heterocycles. The fourth-order valence-electron chi connectivity index (χ4n) is 1.08. The maximum Gasteiger partial charge on any atom is 0.140 e. The van der Waals surface area contributed by atoms with E-state index >= 15 is 0 Å². The zero-order chi connectivity index (χ0) is 7.84. The van der Waals surface area contributed by atoms with E-state index in [1.165, 1.54) is 18.3 Å². The molecule has 0 atom stereocenters. The topological polar surface area (TPSA) is 36.0 Å². The predicted octanol–water partition coefficient (Wildman–Crippen LogP) is 2.01. The summed E-state index contributed by atoms with van der Waals surface area (Å²) in [7, 11) is 0. The minimum absolute atomic E-state index is 0.0829. The number of hydrogen-bond donors (Lipinski definition) is 2. The molecule has 1 heterocycles. The quantitative estimate of drug-likeness (QED) is 0.593. The summed E-state index contributed by atoms with van der Waals surface area (Å²) in [5, 5.41) is 9.66. The molecule has 2 rings (SSSR count). The number of benzene rings is 1. The molecule has 3 heteroatoms. The standard InChI is InChI=1S/C8H6FNO/c9-5-1-2-7-6(3-5)8(11)4-10-7/h1-4,10-11H. The lowest BCUT2D eigenvalue weighted by Gasteiger charge is -1.89. The van der Waals surface area contributed by atoms with Crippen molar-refractivity contribution in [3.05, 3.63) is 30.2 Å². The van der Waals surface area contributed by atoms with Gasteiger partial charge in [-0.3, -0.25) is 0 Å². The maximum absolute atomic E-state index is 12.6. The highest BCUT2D eigenvalue weighted by Crippen LogP contribution is 2.23. The number of hydrogen-bond acceptors (Lipinski definition) is 1. The molecule has 0 radical (unpaired) electrons. The van der Waals surface area contributed by atoms with Gasteiger partial charge in [0.1, 0.15) is 11.6 Å². The summed E-state index contributed by atoms with van der Waals surface area (Å²) in [6.45, 7) is 0. The SMILES string of the molecule is Oc1c[nH]c2ccc(F)cc12. The minimum atomic E-state index is -0.340. The average Bonchev–Trinajstić information content (AvgIpc) is 2.33. The molecular weight excluding hydrogens is 145 g/mol. The van der Waals surface area contributed by atoms with E-state index < -0.39 is 0 Å². The third kappa shape index (κ3) is 0.852. The summed E-state index contributed by atoms with van der Waals surface area (Å²) in [6, 6.07) is 4.23. The van der Waals surface area contributed by atoms with E-state index in [0.717, 1.165) is 5.52 Å². The van der Waals surface area contributed by atoms with Gasteiger partial charge in [-0.25, -0.2) is 4.39 Å². The molecule has 0 unspecified atom stereocenters. The van der Waals surface area contributed by atoms with Gasteiger partial charge in [0, 0.05) is 17.1 Å². The van der Waals surface area contributed by atoms with Gasteiger partial charge < -0.3 is 10.1 Å². The van der Waals surface area contributed by atoms with Crippen LogP contribution in [-0.4, -0.2) is 10.1 Å². The third-order valence-corrected chi connectivity index (χ3v) is 1.62. The molecule has 0 saturated heterocycles. The van der Waals surface area contributed by atoms with Crippen LogP contribution >= 0.6 is 0 Å². The van der Waals surface area contributed by atoms with Crippen LogP contribution in [0.1, 0.15) is 0 Å². The van der Waals surface area contributed by atoms with Crippen molar-refractivity contribution in [1.29, 1.82) is 0 Å². The molecule has 11 heavy (non-hydrogen) atoms. The Morgan fingerprint density at radius 2 is 2.18 bits per heavy atom. The predicted molar refractivity (Wildman–Crippen MR) is 39.9 cm³/mol. The van der Waals surface area contributed by atoms with E-state index in [2.05, 4.69) is 4.98 Å². The number of aromatic hydroxyl groups is 1. The second kappa shape index (κ2) is 1.99. The Morgan fingerprint density at radius 3 is 3.00 bits per heavy atom. The van der Waals surface area contributed by atoms with Crippen LogP contribution in [0.15, 0.2) is 24.4 Å². The number of rotatable bonds is 0. The van der Waals surface area contributed by atoms with Crippen LogP contribution in [-0.2, 0) is 0 Å². The third-order valence-electron chi connectivity index (χ3n) is 1.62. The first-order valence-electron chi connectivity index (χ1n) is 3.23. The highest BCUT2D eigenvalue weighted by molar-refractivity contribution is 5.85. The Hall–Kier alpha value is -1.51. The molecule has 2 nitrogen and oxygen atoms in total. The first-order valence-corrected chi connectivity index (χ1v) is 3.23. The van der Waals surface area contributed by atoms with Gasteiger partial charge in [-0.1, -0.05) is 0 Å². The Kier molecular flexibility index (Phi) is 1.12. The van der Waals surface area contributed by atoms with Gasteiger partial charge in [-0.05, 0) is 18.2 Å². The van der Waals surface area contributed by atoms with Crippen LogP contribution < -0.4 is 0 Å². The number of fused-ring (bicyclic) bond motifs is 1. The molecule has 0 spiro atoms. The van der Waals surface area contributed by atoms with Gasteiger partial charge >= 0.3 is 0 Å². The van der Waals surface area contributed by atoms with Crippen molar-refractivity contribution in [2.45, 2.75) is 0 Å². The number of nitrogens with one attached hydrogen (secondary N) is 1. The molecule has 0 bridgehead atoms. The molecular formula is C8H6FNO. The second-order valence-electron chi connectivity index (χ2n) is 2.36. The van der Waals surface area contributed by atoms with E-state index in [9.17, 15) is 4.39 Å². The molecule has 1 aromatic heterocycles. The first-order chi connectivity index (χ1) is 5.27. The van der Waals surface area contributed by atoms with Crippen LogP contribution in [0.25, 0.3) is 10.9 Å². The zero-order valence-corrected chi connectivity index (χ0v) is 5.63. The smallest absolute Gasteiger partial charge is 0.140 e. The summed E-state index contributed by atoms with van der Waals surface area (Å²) >= 11 is 0. The van der Waals surface area contributed by atoms with Crippen molar-refractivity contribution in [3.8, 4) is 5.75 Å². The summed E-state index contributed by atoms with van der Waals surface area (Å²) in [5.74, 6) is -0.257. The number of halogens is 1. The normalized spacial score (nSPS) is 10.6. The molecule has 2 N–H and O–H groups in total. The molecule has 0 aliphatic rings. The molecule has 0 aliphatic carbocycles. The number of aromatic nitrogens is 1. The van der Waals surface area contributed by atoms with Gasteiger partial charge in [-0.15, -0.1) is 0 Å². The van der Waals surface area contributed by atoms with Crippen molar-refractivity contribution >= 4 is 10.9 Å². The number of aromatic amines is 1. The summed E-state index contributed by atoms with van der Waals surface area (Å²) in [4.78, 5) is 2.80. The average molecular weight is 151 g/mol. The van der Waals surface area contributed by atoms with E-state index in [1.807, 2.05) is 0 Å². The monoisotopic (exact) mass is 151 g/mol. The van der Waals surface area contributed by atoms with E-state index in [1.54, 1.807) is 6.07 Å². The lowest BCUT2D eigenvalue weighted by molar-refractivity contribution is 0.481. The lowest BCUT2D eigenvalue weighted by Crippen LogP contribution is -1.71. The van der Waals surface area contributed by atoms with Crippen LogP contribution in [0.4, 0.5) is 4.39 Å². The molecule has 2 aromatic rings. The zero-order valence-electron chi connectivity index (χ0n) is 5.63. The second-order valence-corrected chi connectivity index (χ2v) is 2.36. The highest BCUT2D eigenvalue weighted by Gasteiger charge is 2.01. The van der Waals surface area contributed by atoms with Gasteiger partial charge in [0.05, 0.1) is 0 Å². The van der Waals surface area contributed by atoms with Gasteiger partial charge in [0.2, 0.25) is 0 Å². The van der Waals surface area contributed by atoms with Crippen molar-refractivity contribution in [3.63, 3.8) is 0 Å². The fourth-order valence-corrected chi connectivity index (χ4v) is 1.08. The van der Waals surface area contributed by atoms with Gasteiger partial charge in [0.15, 0.2) is 0 Å². The Labute approximate surface area is 62.3 Å². The fraction of sp³-hybridized carbons (Fsp3) is 0. The van der Waals surface area contributed by atoms with E-state index in [4.69, 9.17) is 5.11 Å². The van der Waals surface area contributed by atoms with Crippen molar-refractivity contribution in [2.24, 2.45) is 0 Å². The summed E-state index contributed by atoms with van der Waals surface area (Å²) < 4.78 is 12.6. The summed E-state index contributed by atoms with van der Waals surface area (Å²) in [5.41, 5.74) is 0.740. The van der Waals surface area contributed by atoms with Crippen LogP contribution in [0, 0.1) is 5.82 Å². The van der Waals surface area contributed by atoms with Crippen molar-refractivity contribution in [1.82, 2.24) is 4.98 Å². The summed E-state index contributed by atoms with van der Waals surface area (Å²) in [6.07, 6.45) is 1.43. The van der Waals surface area contributed by atoms with Gasteiger partial charge in [-0.2, -0.15) is 0 Å². The lowest BCUT2D eigenvalue weighted by atomic mass is 10.2. The van der Waals surface area contributed by atoms with Crippen molar-refractivity contribution < 1.29 is 9.50 Å². The molecule has 1 aromatic carbocycles.